The highest BCUT2D eigenvalue weighted by molar-refractivity contribution is 4.86. The van der Waals surface area contributed by atoms with Gasteiger partial charge in [-0.15, -0.1) is 0 Å². The van der Waals surface area contributed by atoms with E-state index in [1.807, 2.05) is 6.92 Å². The van der Waals surface area contributed by atoms with E-state index in [0.29, 0.717) is 11.8 Å². The van der Waals surface area contributed by atoms with Crippen molar-refractivity contribution in [2.24, 2.45) is 11.8 Å². The van der Waals surface area contributed by atoms with Crippen LogP contribution in [0.4, 0.5) is 0 Å². The van der Waals surface area contributed by atoms with E-state index in [1.54, 1.807) is 0 Å². The molecule has 0 amide bonds. The molecule has 0 aliphatic rings. The lowest BCUT2D eigenvalue weighted by molar-refractivity contribution is 0.554. The summed E-state index contributed by atoms with van der Waals surface area (Å²) in [4.78, 5) is 0. The van der Waals surface area contributed by atoms with E-state index in [9.17, 15) is 0 Å². The number of rotatable bonds is 2. The number of allylic oxidation sites excluding steroid dienone is 2. The second-order valence-corrected chi connectivity index (χ2v) is 2.36. The van der Waals surface area contributed by atoms with E-state index in [2.05, 4.69) is 32.9 Å². The summed E-state index contributed by atoms with van der Waals surface area (Å²) in [6, 6.07) is 0. The predicted molar refractivity (Wildman–Crippen MR) is 38.5 cm³/mol. The lowest BCUT2D eigenvalue weighted by atomic mass is 9.98. The normalized spacial score (nSPS) is 15.6. The average molecular weight is 111 g/mol. The Kier molecular flexibility index (Phi) is 3.59. The molecule has 0 aliphatic heterocycles. The molecule has 0 N–H and O–H groups in total. The third-order valence-electron chi connectivity index (χ3n) is 1.39. The highest BCUT2D eigenvalue weighted by Crippen LogP contribution is 2.09. The summed E-state index contributed by atoms with van der Waals surface area (Å²) >= 11 is 0. The molecule has 0 heterocycles. The maximum atomic E-state index is 3.91. The van der Waals surface area contributed by atoms with Gasteiger partial charge in [0.2, 0.25) is 0 Å². The molecule has 1 radical (unpaired) electrons. The lowest BCUT2D eigenvalue weighted by Gasteiger charge is -2.08. The Morgan fingerprint density at radius 1 is 1.38 bits per heavy atom. The summed E-state index contributed by atoms with van der Waals surface area (Å²) < 4.78 is 0. The summed E-state index contributed by atoms with van der Waals surface area (Å²) in [6.07, 6.45) is 4.25. The van der Waals surface area contributed by atoms with Crippen LogP contribution in [-0.2, 0) is 0 Å². The molecule has 0 fully saturated rings. The van der Waals surface area contributed by atoms with Crippen LogP contribution in [0.2, 0.25) is 0 Å². The third kappa shape index (κ3) is 2.84. The molecule has 0 aromatic rings. The Bertz CT molecular complexity index is 70.1. The number of hydrogen-bond donors (Lipinski definition) is 0. The molecule has 2 atom stereocenters. The Balaban J connectivity index is 3.47. The van der Waals surface area contributed by atoms with Gasteiger partial charge in [-0.1, -0.05) is 26.0 Å². The molecule has 8 heavy (non-hydrogen) atoms. The van der Waals surface area contributed by atoms with E-state index in [-0.39, 0.29) is 0 Å². The molecule has 2 unspecified atom stereocenters. The van der Waals surface area contributed by atoms with Gasteiger partial charge in [-0.2, -0.15) is 0 Å². The van der Waals surface area contributed by atoms with Gasteiger partial charge in [0.05, 0.1) is 0 Å². The van der Waals surface area contributed by atoms with Crippen LogP contribution in [-0.4, -0.2) is 0 Å². The van der Waals surface area contributed by atoms with E-state index < -0.39 is 0 Å². The van der Waals surface area contributed by atoms with Crippen LogP contribution in [0.5, 0.6) is 0 Å². The molecular weight excluding hydrogens is 96.1 g/mol. The van der Waals surface area contributed by atoms with Gasteiger partial charge >= 0.3 is 0 Å². The van der Waals surface area contributed by atoms with Gasteiger partial charge in [-0.25, -0.2) is 0 Å². The first-order valence-electron chi connectivity index (χ1n) is 3.14. The van der Waals surface area contributed by atoms with Crippen LogP contribution >= 0.6 is 0 Å². The maximum Gasteiger partial charge on any atom is -0.0236 e. The van der Waals surface area contributed by atoms with E-state index in [4.69, 9.17) is 0 Å². The molecule has 0 bridgehead atoms. The van der Waals surface area contributed by atoms with Crippen LogP contribution in [0.3, 0.4) is 0 Å². The Labute approximate surface area is 52.6 Å². The first-order valence-corrected chi connectivity index (χ1v) is 3.14. The SMILES string of the molecule is [CH2]C(C)C(C)C=CC. The molecule has 47 valence electrons. The topological polar surface area (TPSA) is 0 Å². The fourth-order valence-electron chi connectivity index (χ4n) is 0.493. The Morgan fingerprint density at radius 3 is 2.00 bits per heavy atom. The van der Waals surface area contributed by atoms with Gasteiger partial charge in [0.1, 0.15) is 0 Å². The Morgan fingerprint density at radius 2 is 1.88 bits per heavy atom. The average Bonchev–Trinajstić information content (AvgIpc) is 1.67. The van der Waals surface area contributed by atoms with E-state index in [0.717, 1.165) is 0 Å². The smallest absolute Gasteiger partial charge is 0.0236 e. The first-order chi connectivity index (χ1) is 3.68. The highest BCUT2D eigenvalue weighted by Gasteiger charge is 1.99. The largest absolute Gasteiger partial charge is 0.0914 e. The zero-order chi connectivity index (χ0) is 6.57. The Hall–Kier alpha value is -0.260. The van der Waals surface area contributed by atoms with Crippen molar-refractivity contribution in [3.63, 3.8) is 0 Å². The van der Waals surface area contributed by atoms with Crippen LogP contribution in [0.15, 0.2) is 12.2 Å². The van der Waals surface area contributed by atoms with Crippen molar-refractivity contribution < 1.29 is 0 Å². The fraction of sp³-hybridized carbons (Fsp3) is 0.625. The number of hydrogen-bond acceptors (Lipinski definition) is 0. The molecule has 0 rings (SSSR count). The lowest BCUT2D eigenvalue weighted by Crippen LogP contribution is -1.98. The van der Waals surface area contributed by atoms with E-state index in [1.165, 1.54) is 0 Å². The van der Waals surface area contributed by atoms with Crippen molar-refractivity contribution in [2.45, 2.75) is 20.8 Å². The summed E-state index contributed by atoms with van der Waals surface area (Å²) in [6.45, 7) is 10.3. The summed E-state index contributed by atoms with van der Waals surface area (Å²) in [5, 5.41) is 0. The van der Waals surface area contributed by atoms with Crippen molar-refractivity contribution >= 4 is 0 Å². The summed E-state index contributed by atoms with van der Waals surface area (Å²) in [7, 11) is 0. The van der Waals surface area contributed by atoms with Crippen LogP contribution in [0, 0.1) is 18.8 Å². The minimum atomic E-state index is 0.534. The minimum absolute atomic E-state index is 0.534. The summed E-state index contributed by atoms with van der Waals surface area (Å²) in [5.74, 6) is 1.16. The highest BCUT2D eigenvalue weighted by atomic mass is 14.0. The molecule has 0 aromatic carbocycles. The molecule has 0 heteroatoms. The molecule has 0 nitrogen and oxygen atoms in total. The molecular formula is C8H15. The molecule has 0 aromatic heterocycles. The van der Waals surface area contributed by atoms with Gasteiger partial charge in [-0.05, 0) is 25.7 Å². The maximum absolute atomic E-state index is 3.91. The van der Waals surface area contributed by atoms with Crippen LogP contribution < -0.4 is 0 Å². The van der Waals surface area contributed by atoms with Crippen molar-refractivity contribution in [1.82, 2.24) is 0 Å². The third-order valence-corrected chi connectivity index (χ3v) is 1.39. The zero-order valence-electron chi connectivity index (χ0n) is 6.02. The zero-order valence-corrected chi connectivity index (χ0v) is 6.02. The van der Waals surface area contributed by atoms with Crippen LogP contribution in [0.1, 0.15) is 20.8 Å². The molecule has 0 saturated carbocycles. The second-order valence-electron chi connectivity index (χ2n) is 2.36. The van der Waals surface area contributed by atoms with Crippen molar-refractivity contribution in [3.05, 3.63) is 19.1 Å². The van der Waals surface area contributed by atoms with Crippen LogP contribution in [0.25, 0.3) is 0 Å². The standard InChI is InChI=1S/C8H15/c1-5-6-8(4)7(2)3/h5-8H,2H2,1,3-4H3. The molecule has 0 saturated heterocycles. The molecule has 0 aliphatic carbocycles. The van der Waals surface area contributed by atoms with Crippen molar-refractivity contribution in [3.8, 4) is 0 Å². The van der Waals surface area contributed by atoms with Gasteiger partial charge in [0.25, 0.3) is 0 Å². The quantitative estimate of drug-likeness (QED) is 0.480. The fourth-order valence-corrected chi connectivity index (χ4v) is 0.493. The molecule has 0 spiro atoms. The van der Waals surface area contributed by atoms with Gasteiger partial charge in [0.15, 0.2) is 0 Å². The monoisotopic (exact) mass is 111 g/mol. The van der Waals surface area contributed by atoms with Crippen molar-refractivity contribution in [2.75, 3.05) is 0 Å². The van der Waals surface area contributed by atoms with Gasteiger partial charge in [-0.3, -0.25) is 0 Å². The minimum Gasteiger partial charge on any atom is -0.0914 e. The second kappa shape index (κ2) is 3.71. The summed E-state index contributed by atoms with van der Waals surface area (Å²) in [5.41, 5.74) is 0. The van der Waals surface area contributed by atoms with E-state index >= 15 is 0 Å². The first kappa shape index (κ1) is 7.74. The van der Waals surface area contributed by atoms with Gasteiger partial charge < -0.3 is 0 Å². The van der Waals surface area contributed by atoms with Gasteiger partial charge in [0, 0.05) is 0 Å². The van der Waals surface area contributed by atoms with Crippen molar-refractivity contribution in [1.29, 1.82) is 0 Å². The predicted octanol–water partition coefficient (Wildman–Crippen LogP) is 2.67.